The van der Waals surface area contributed by atoms with Crippen LogP contribution in [0.5, 0.6) is 0 Å². The summed E-state index contributed by atoms with van der Waals surface area (Å²) < 4.78 is 37.7. The number of carbonyl (C=O) groups is 1. The van der Waals surface area contributed by atoms with Gasteiger partial charge in [-0.2, -0.15) is 18.4 Å². The molecule has 0 unspecified atom stereocenters. The van der Waals surface area contributed by atoms with Crippen molar-refractivity contribution in [1.82, 2.24) is 0 Å². The van der Waals surface area contributed by atoms with Crippen molar-refractivity contribution in [3.63, 3.8) is 0 Å². The standard InChI is InChI=1S/C13H13F3N2O2/c1-8(2)18(7-13(14,15)16)11-4-3-9(12(19)20)5-10(11)6-17/h3-5,8H,7H2,1-2H3,(H,19,20). The van der Waals surface area contributed by atoms with Gasteiger partial charge in [0, 0.05) is 6.04 Å². The van der Waals surface area contributed by atoms with Gasteiger partial charge in [-0.25, -0.2) is 4.79 Å². The van der Waals surface area contributed by atoms with Gasteiger partial charge in [0.1, 0.15) is 12.6 Å². The summed E-state index contributed by atoms with van der Waals surface area (Å²) in [5.41, 5.74) is -0.159. The van der Waals surface area contributed by atoms with Crippen molar-refractivity contribution in [2.75, 3.05) is 11.4 Å². The second-order valence-corrected chi connectivity index (χ2v) is 4.49. The molecule has 0 fully saturated rings. The molecule has 0 saturated carbocycles. The molecular formula is C13H13F3N2O2. The van der Waals surface area contributed by atoms with Crippen molar-refractivity contribution in [3.05, 3.63) is 29.3 Å². The van der Waals surface area contributed by atoms with Crippen LogP contribution in [0.25, 0.3) is 0 Å². The number of hydrogen-bond acceptors (Lipinski definition) is 3. The van der Waals surface area contributed by atoms with Crippen molar-refractivity contribution in [2.24, 2.45) is 0 Å². The predicted octanol–water partition coefficient (Wildman–Crippen LogP) is 3.03. The fraction of sp³-hybridized carbons (Fsp3) is 0.385. The first-order valence-electron chi connectivity index (χ1n) is 5.76. The Morgan fingerprint density at radius 1 is 1.45 bits per heavy atom. The molecule has 0 bridgehead atoms. The van der Waals surface area contributed by atoms with Gasteiger partial charge in [0.25, 0.3) is 0 Å². The lowest BCUT2D eigenvalue weighted by atomic mass is 10.1. The van der Waals surface area contributed by atoms with Crippen LogP contribution >= 0.6 is 0 Å². The molecular weight excluding hydrogens is 273 g/mol. The summed E-state index contributed by atoms with van der Waals surface area (Å²) in [6.07, 6.45) is -4.41. The van der Waals surface area contributed by atoms with E-state index < -0.39 is 24.7 Å². The highest BCUT2D eigenvalue weighted by Gasteiger charge is 2.33. The zero-order valence-electron chi connectivity index (χ0n) is 10.9. The molecule has 1 rings (SSSR count). The molecule has 1 N–H and O–H groups in total. The highest BCUT2D eigenvalue weighted by molar-refractivity contribution is 5.89. The largest absolute Gasteiger partial charge is 0.478 e. The summed E-state index contributed by atoms with van der Waals surface area (Å²) >= 11 is 0. The summed E-state index contributed by atoms with van der Waals surface area (Å²) in [7, 11) is 0. The van der Waals surface area contributed by atoms with E-state index in [4.69, 9.17) is 10.4 Å². The highest BCUT2D eigenvalue weighted by atomic mass is 19.4. The number of hydrogen-bond donors (Lipinski definition) is 1. The lowest BCUT2D eigenvalue weighted by molar-refractivity contribution is -0.120. The third-order valence-electron chi connectivity index (χ3n) is 2.65. The number of carboxylic acid groups (broad SMARTS) is 1. The molecule has 0 aliphatic rings. The summed E-state index contributed by atoms with van der Waals surface area (Å²) in [6, 6.07) is 4.74. The molecule has 108 valence electrons. The summed E-state index contributed by atoms with van der Waals surface area (Å²) in [4.78, 5) is 11.8. The lowest BCUT2D eigenvalue weighted by Gasteiger charge is -2.30. The molecule has 1 aromatic carbocycles. The number of anilines is 1. The van der Waals surface area contributed by atoms with Crippen LogP contribution in [0.15, 0.2) is 18.2 Å². The molecule has 0 aliphatic carbocycles. The number of nitriles is 1. The van der Waals surface area contributed by atoms with Crippen molar-refractivity contribution in [2.45, 2.75) is 26.1 Å². The van der Waals surface area contributed by atoms with Gasteiger partial charge in [0.05, 0.1) is 16.8 Å². The number of aromatic carboxylic acids is 1. The maximum absolute atomic E-state index is 12.6. The Morgan fingerprint density at radius 3 is 2.45 bits per heavy atom. The lowest BCUT2D eigenvalue weighted by Crippen LogP contribution is -2.39. The molecule has 4 nitrogen and oxygen atoms in total. The van der Waals surface area contributed by atoms with E-state index in [0.717, 1.165) is 11.0 Å². The fourth-order valence-electron chi connectivity index (χ4n) is 1.75. The Bertz CT molecular complexity index is 548. The third-order valence-corrected chi connectivity index (χ3v) is 2.65. The Balaban J connectivity index is 3.27. The van der Waals surface area contributed by atoms with Gasteiger partial charge in [-0.15, -0.1) is 0 Å². The minimum absolute atomic E-state index is 0.0739. The first-order chi connectivity index (χ1) is 9.15. The van der Waals surface area contributed by atoms with Gasteiger partial charge in [0.2, 0.25) is 0 Å². The van der Waals surface area contributed by atoms with Crippen LogP contribution in [0.3, 0.4) is 0 Å². The third kappa shape index (κ3) is 3.88. The zero-order chi connectivity index (χ0) is 15.5. The van der Waals surface area contributed by atoms with Crippen molar-refractivity contribution >= 4 is 11.7 Å². The Morgan fingerprint density at radius 2 is 2.05 bits per heavy atom. The number of alkyl halides is 3. The molecule has 0 amide bonds. The predicted molar refractivity (Wildman–Crippen MR) is 66.7 cm³/mol. The molecule has 20 heavy (non-hydrogen) atoms. The maximum Gasteiger partial charge on any atom is 0.405 e. The molecule has 0 aliphatic heterocycles. The van der Waals surface area contributed by atoms with Gasteiger partial charge in [-0.3, -0.25) is 0 Å². The highest BCUT2D eigenvalue weighted by Crippen LogP contribution is 2.27. The van der Waals surface area contributed by atoms with Gasteiger partial charge < -0.3 is 10.0 Å². The van der Waals surface area contributed by atoms with E-state index in [1.165, 1.54) is 12.1 Å². The van der Waals surface area contributed by atoms with Crippen molar-refractivity contribution in [3.8, 4) is 6.07 Å². The fourth-order valence-corrected chi connectivity index (χ4v) is 1.75. The van der Waals surface area contributed by atoms with E-state index in [0.29, 0.717) is 0 Å². The summed E-state index contributed by atoms with van der Waals surface area (Å²) in [6.45, 7) is 1.93. The molecule has 0 saturated heterocycles. The van der Waals surface area contributed by atoms with Crippen LogP contribution in [0.4, 0.5) is 18.9 Å². The Labute approximate surface area is 114 Å². The second kappa shape index (κ2) is 5.82. The minimum Gasteiger partial charge on any atom is -0.478 e. The smallest absolute Gasteiger partial charge is 0.405 e. The topological polar surface area (TPSA) is 64.3 Å². The van der Waals surface area contributed by atoms with Gasteiger partial charge in [-0.1, -0.05) is 0 Å². The quantitative estimate of drug-likeness (QED) is 0.924. The van der Waals surface area contributed by atoms with Crippen LogP contribution < -0.4 is 4.90 Å². The van der Waals surface area contributed by atoms with Crippen LogP contribution in [0, 0.1) is 11.3 Å². The molecule has 0 heterocycles. The molecule has 1 aromatic rings. The molecule has 0 spiro atoms. The van der Waals surface area contributed by atoms with Gasteiger partial charge in [0.15, 0.2) is 0 Å². The minimum atomic E-state index is -4.41. The average molecular weight is 286 g/mol. The molecule has 0 radical (unpaired) electrons. The van der Waals surface area contributed by atoms with Gasteiger partial charge in [-0.05, 0) is 32.0 Å². The molecule has 0 aromatic heterocycles. The normalized spacial score (nSPS) is 11.2. The van der Waals surface area contributed by atoms with Crippen LogP contribution in [0.2, 0.25) is 0 Å². The van der Waals surface area contributed by atoms with E-state index in [-0.39, 0.29) is 16.8 Å². The van der Waals surface area contributed by atoms with Gasteiger partial charge >= 0.3 is 12.1 Å². The zero-order valence-corrected chi connectivity index (χ0v) is 10.9. The first kappa shape index (κ1) is 15.8. The number of rotatable bonds is 4. The van der Waals surface area contributed by atoms with E-state index in [2.05, 4.69) is 0 Å². The monoisotopic (exact) mass is 286 g/mol. The Kier molecular flexibility index (Phi) is 4.61. The number of carboxylic acids is 1. The second-order valence-electron chi connectivity index (χ2n) is 4.49. The van der Waals surface area contributed by atoms with E-state index in [9.17, 15) is 18.0 Å². The number of halogens is 3. The van der Waals surface area contributed by atoms with E-state index in [1.807, 2.05) is 0 Å². The molecule has 0 atom stereocenters. The Hall–Kier alpha value is -2.23. The number of benzene rings is 1. The van der Waals surface area contributed by atoms with Crippen LogP contribution in [-0.2, 0) is 0 Å². The van der Waals surface area contributed by atoms with E-state index >= 15 is 0 Å². The molecule has 7 heteroatoms. The SMILES string of the molecule is CC(C)N(CC(F)(F)F)c1ccc(C(=O)O)cc1C#N. The van der Waals surface area contributed by atoms with E-state index in [1.54, 1.807) is 19.9 Å². The summed E-state index contributed by atoms with van der Waals surface area (Å²) in [5, 5.41) is 17.8. The van der Waals surface area contributed by atoms with Crippen LogP contribution in [-0.4, -0.2) is 29.8 Å². The average Bonchev–Trinajstić information content (AvgIpc) is 2.33. The number of nitrogens with zero attached hydrogens (tertiary/aromatic N) is 2. The van der Waals surface area contributed by atoms with Crippen molar-refractivity contribution in [1.29, 1.82) is 5.26 Å². The van der Waals surface area contributed by atoms with Crippen molar-refractivity contribution < 1.29 is 23.1 Å². The maximum atomic E-state index is 12.6. The summed E-state index contributed by atoms with van der Waals surface area (Å²) in [5.74, 6) is -1.24. The van der Waals surface area contributed by atoms with Crippen LogP contribution in [0.1, 0.15) is 29.8 Å². The first-order valence-corrected chi connectivity index (χ1v) is 5.76.